The molecule has 0 saturated heterocycles. The van der Waals surface area contributed by atoms with Gasteiger partial charge in [0.1, 0.15) is 5.58 Å². The Morgan fingerprint density at radius 1 is 1.33 bits per heavy atom. The van der Waals surface area contributed by atoms with Crippen molar-refractivity contribution in [3.63, 3.8) is 0 Å². The average Bonchev–Trinajstić information content (AvgIpc) is 2.73. The van der Waals surface area contributed by atoms with Crippen molar-refractivity contribution >= 4 is 11.0 Å². The zero-order chi connectivity index (χ0) is 10.7. The van der Waals surface area contributed by atoms with Crippen LogP contribution in [0.1, 0.15) is 18.9 Å². The summed E-state index contributed by atoms with van der Waals surface area (Å²) in [6.07, 6.45) is 3.94. The largest absolute Gasteiger partial charge is 0.464 e. The predicted molar refractivity (Wildman–Crippen MR) is 63.1 cm³/mol. The van der Waals surface area contributed by atoms with Crippen LogP contribution in [0.4, 0.5) is 0 Å². The summed E-state index contributed by atoms with van der Waals surface area (Å²) in [5.74, 6) is 0. The minimum absolute atomic E-state index is 0.553. The third kappa shape index (κ3) is 2.21. The van der Waals surface area contributed by atoms with E-state index in [1.807, 2.05) is 13.1 Å². The lowest BCUT2D eigenvalue weighted by Gasteiger charge is -2.13. The van der Waals surface area contributed by atoms with E-state index in [1.54, 1.807) is 6.26 Å². The van der Waals surface area contributed by atoms with E-state index in [0.717, 1.165) is 18.4 Å². The van der Waals surface area contributed by atoms with Gasteiger partial charge in [-0.05, 0) is 37.6 Å². The number of rotatable bonds is 4. The predicted octanol–water partition coefficient (Wildman–Crippen LogP) is 2.97. The molecular weight excluding hydrogens is 186 g/mol. The van der Waals surface area contributed by atoms with Crippen LogP contribution in [0.15, 0.2) is 34.9 Å². The summed E-state index contributed by atoms with van der Waals surface area (Å²) < 4.78 is 5.39. The van der Waals surface area contributed by atoms with Crippen LogP contribution in [-0.2, 0) is 6.42 Å². The number of benzene rings is 1. The fourth-order valence-corrected chi connectivity index (χ4v) is 1.86. The molecule has 0 unspecified atom stereocenters. The van der Waals surface area contributed by atoms with Crippen molar-refractivity contribution in [3.05, 3.63) is 36.1 Å². The standard InChI is InChI=1S/C13H17NO/c1-3-12(14-2)8-10-4-5-11-6-7-15-13(11)9-10/h4-7,9,12,14H,3,8H2,1-2H3/t12-/m0/s1. The normalized spacial score (nSPS) is 13.2. The maximum absolute atomic E-state index is 5.39. The van der Waals surface area contributed by atoms with Crippen LogP contribution in [0, 0.1) is 0 Å². The van der Waals surface area contributed by atoms with Crippen molar-refractivity contribution < 1.29 is 4.42 Å². The molecule has 1 aromatic carbocycles. The van der Waals surface area contributed by atoms with E-state index < -0.39 is 0 Å². The van der Waals surface area contributed by atoms with Crippen LogP contribution in [0.25, 0.3) is 11.0 Å². The fraction of sp³-hybridized carbons (Fsp3) is 0.385. The lowest BCUT2D eigenvalue weighted by Crippen LogP contribution is -2.26. The molecule has 0 aliphatic heterocycles. The second-order valence-corrected chi connectivity index (χ2v) is 3.89. The molecule has 0 bridgehead atoms. The third-order valence-corrected chi connectivity index (χ3v) is 2.90. The van der Waals surface area contributed by atoms with Crippen molar-refractivity contribution in [3.8, 4) is 0 Å². The monoisotopic (exact) mass is 203 g/mol. The van der Waals surface area contributed by atoms with Gasteiger partial charge in [0.25, 0.3) is 0 Å². The summed E-state index contributed by atoms with van der Waals surface area (Å²) in [7, 11) is 2.01. The number of hydrogen-bond donors (Lipinski definition) is 1. The van der Waals surface area contributed by atoms with Crippen molar-refractivity contribution in [1.82, 2.24) is 5.32 Å². The molecule has 0 aliphatic rings. The number of nitrogens with one attached hydrogen (secondary N) is 1. The van der Waals surface area contributed by atoms with Crippen molar-refractivity contribution in [2.75, 3.05) is 7.05 Å². The van der Waals surface area contributed by atoms with Gasteiger partial charge in [-0.15, -0.1) is 0 Å². The highest BCUT2D eigenvalue weighted by molar-refractivity contribution is 5.77. The van der Waals surface area contributed by atoms with Gasteiger partial charge in [-0.1, -0.05) is 19.1 Å². The van der Waals surface area contributed by atoms with Gasteiger partial charge in [-0.2, -0.15) is 0 Å². The smallest absolute Gasteiger partial charge is 0.134 e. The number of hydrogen-bond acceptors (Lipinski definition) is 2. The van der Waals surface area contributed by atoms with Gasteiger partial charge in [0.2, 0.25) is 0 Å². The molecule has 2 nitrogen and oxygen atoms in total. The van der Waals surface area contributed by atoms with Crippen LogP contribution in [0.2, 0.25) is 0 Å². The van der Waals surface area contributed by atoms with Gasteiger partial charge in [0, 0.05) is 11.4 Å². The Labute approximate surface area is 90.3 Å². The first-order chi connectivity index (χ1) is 7.33. The minimum Gasteiger partial charge on any atom is -0.464 e. The number of fused-ring (bicyclic) bond motifs is 1. The second kappa shape index (κ2) is 4.49. The maximum atomic E-state index is 5.39. The summed E-state index contributed by atoms with van der Waals surface area (Å²) >= 11 is 0. The molecule has 1 heterocycles. The quantitative estimate of drug-likeness (QED) is 0.826. The molecule has 1 atom stereocenters. The summed E-state index contributed by atoms with van der Waals surface area (Å²) in [5.41, 5.74) is 2.32. The van der Waals surface area contributed by atoms with Gasteiger partial charge in [-0.25, -0.2) is 0 Å². The van der Waals surface area contributed by atoms with Crippen molar-refractivity contribution in [2.45, 2.75) is 25.8 Å². The van der Waals surface area contributed by atoms with Crippen LogP contribution in [0.3, 0.4) is 0 Å². The Balaban J connectivity index is 2.20. The molecule has 80 valence electrons. The molecule has 0 spiro atoms. The van der Waals surface area contributed by atoms with Crippen LogP contribution in [-0.4, -0.2) is 13.1 Å². The van der Waals surface area contributed by atoms with Crippen LogP contribution >= 0.6 is 0 Å². The SMILES string of the molecule is CC[C@@H](Cc1ccc2ccoc2c1)NC. The molecule has 0 aliphatic carbocycles. The van der Waals surface area contributed by atoms with E-state index in [9.17, 15) is 0 Å². The van der Waals surface area contributed by atoms with Gasteiger partial charge in [-0.3, -0.25) is 0 Å². The van der Waals surface area contributed by atoms with Crippen LogP contribution < -0.4 is 5.32 Å². The molecule has 2 aromatic rings. The second-order valence-electron chi connectivity index (χ2n) is 3.89. The van der Waals surface area contributed by atoms with E-state index in [-0.39, 0.29) is 0 Å². The summed E-state index contributed by atoms with van der Waals surface area (Å²) in [6.45, 7) is 2.20. The first-order valence-electron chi connectivity index (χ1n) is 5.47. The molecule has 1 aromatic heterocycles. The molecule has 1 N–H and O–H groups in total. The molecule has 0 amide bonds. The molecule has 0 saturated carbocycles. The molecule has 0 radical (unpaired) electrons. The highest BCUT2D eigenvalue weighted by Gasteiger charge is 2.05. The molecule has 15 heavy (non-hydrogen) atoms. The van der Waals surface area contributed by atoms with E-state index in [1.165, 1.54) is 10.9 Å². The highest BCUT2D eigenvalue weighted by Crippen LogP contribution is 2.18. The number of furan rings is 1. The Bertz CT molecular complexity index is 429. The molecule has 0 fully saturated rings. The minimum atomic E-state index is 0.553. The molecule has 2 rings (SSSR count). The van der Waals surface area contributed by atoms with E-state index in [0.29, 0.717) is 6.04 Å². The summed E-state index contributed by atoms with van der Waals surface area (Å²) in [5, 5.41) is 4.49. The van der Waals surface area contributed by atoms with Gasteiger partial charge in [0.15, 0.2) is 0 Å². The van der Waals surface area contributed by atoms with E-state index in [4.69, 9.17) is 4.42 Å². The first-order valence-corrected chi connectivity index (χ1v) is 5.47. The Morgan fingerprint density at radius 3 is 2.93 bits per heavy atom. The molecule has 2 heteroatoms. The Kier molecular flexibility index (Phi) is 3.07. The van der Waals surface area contributed by atoms with Crippen molar-refractivity contribution in [2.24, 2.45) is 0 Å². The highest BCUT2D eigenvalue weighted by atomic mass is 16.3. The van der Waals surface area contributed by atoms with E-state index in [2.05, 4.69) is 30.4 Å². The van der Waals surface area contributed by atoms with Crippen LogP contribution in [0.5, 0.6) is 0 Å². The van der Waals surface area contributed by atoms with Gasteiger partial charge >= 0.3 is 0 Å². The Morgan fingerprint density at radius 2 is 2.20 bits per heavy atom. The van der Waals surface area contributed by atoms with Gasteiger partial charge in [0.05, 0.1) is 6.26 Å². The summed E-state index contributed by atoms with van der Waals surface area (Å²) in [6, 6.07) is 8.98. The zero-order valence-corrected chi connectivity index (χ0v) is 9.29. The first kappa shape index (κ1) is 10.2. The lowest BCUT2D eigenvalue weighted by molar-refractivity contribution is 0.542. The fourth-order valence-electron chi connectivity index (χ4n) is 1.86. The zero-order valence-electron chi connectivity index (χ0n) is 9.29. The average molecular weight is 203 g/mol. The molecular formula is C13H17NO. The van der Waals surface area contributed by atoms with Crippen molar-refractivity contribution in [1.29, 1.82) is 0 Å². The summed E-state index contributed by atoms with van der Waals surface area (Å²) in [4.78, 5) is 0. The van der Waals surface area contributed by atoms with E-state index >= 15 is 0 Å². The maximum Gasteiger partial charge on any atom is 0.134 e. The number of likely N-dealkylation sites (N-methyl/N-ethyl adjacent to an activating group) is 1. The topological polar surface area (TPSA) is 25.2 Å². The lowest BCUT2D eigenvalue weighted by atomic mass is 10.0. The Hall–Kier alpha value is -1.28. The van der Waals surface area contributed by atoms with Gasteiger partial charge < -0.3 is 9.73 Å². The third-order valence-electron chi connectivity index (χ3n) is 2.90.